The normalized spacial score (nSPS) is 25.1. The maximum absolute atomic E-state index is 11.4. The van der Waals surface area contributed by atoms with Gasteiger partial charge in [0, 0.05) is 39.6 Å². The highest BCUT2D eigenvalue weighted by atomic mass is 16.5. The van der Waals surface area contributed by atoms with Crippen LogP contribution in [0.5, 0.6) is 11.5 Å². The van der Waals surface area contributed by atoms with Crippen molar-refractivity contribution in [2.24, 2.45) is 11.8 Å². The van der Waals surface area contributed by atoms with Crippen molar-refractivity contribution in [1.29, 1.82) is 0 Å². The van der Waals surface area contributed by atoms with Gasteiger partial charge < -0.3 is 14.7 Å². The van der Waals surface area contributed by atoms with Gasteiger partial charge in [0.25, 0.3) is 0 Å². The number of hydrogen-bond acceptors (Lipinski definition) is 4. The SMILES string of the molecule is CC(=O)N1CC2CN(CCOc3ccc(O)cc3)CC2C1. The molecule has 5 heteroatoms. The first-order chi connectivity index (χ1) is 10.1. The van der Waals surface area contributed by atoms with E-state index in [1.165, 1.54) is 0 Å². The van der Waals surface area contributed by atoms with Crippen LogP contribution in [0.1, 0.15) is 6.92 Å². The molecule has 2 atom stereocenters. The smallest absolute Gasteiger partial charge is 0.219 e. The fourth-order valence-corrected chi connectivity index (χ4v) is 3.36. The average molecular weight is 290 g/mol. The minimum Gasteiger partial charge on any atom is -0.508 e. The summed E-state index contributed by atoms with van der Waals surface area (Å²) in [5, 5.41) is 9.22. The first kappa shape index (κ1) is 14.2. The minimum atomic E-state index is 0.201. The largest absolute Gasteiger partial charge is 0.508 e. The lowest BCUT2D eigenvalue weighted by Gasteiger charge is -2.20. The molecule has 2 aliphatic heterocycles. The Morgan fingerprint density at radius 2 is 1.81 bits per heavy atom. The number of fused-ring (bicyclic) bond motifs is 1. The Kier molecular flexibility index (Phi) is 4.01. The first-order valence-electron chi connectivity index (χ1n) is 7.51. The van der Waals surface area contributed by atoms with Crippen LogP contribution in [-0.2, 0) is 4.79 Å². The van der Waals surface area contributed by atoms with E-state index in [0.717, 1.165) is 38.5 Å². The lowest BCUT2D eigenvalue weighted by atomic mass is 10.0. The van der Waals surface area contributed by atoms with Gasteiger partial charge in [-0.25, -0.2) is 0 Å². The fourth-order valence-electron chi connectivity index (χ4n) is 3.36. The summed E-state index contributed by atoms with van der Waals surface area (Å²) < 4.78 is 5.69. The molecule has 0 bridgehead atoms. The predicted octanol–water partition coefficient (Wildman–Crippen LogP) is 1.18. The van der Waals surface area contributed by atoms with Crippen LogP contribution < -0.4 is 4.74 Å². The van der Waals surface area contributed by atoms with Crippen molar-refractivity contribution >= 4 is 5.91 Å². The van der Waals surface area contributed by atoms with E-state index in [1.54, 1.807) is 31.2 Å². The molecule has 114 valence electrons. The maximum atomic E-state index is 11.4. The molecule has 0 saturated carbocycles. The van der Waals surface area contributed by atoms with Crippen LogP contribution in [0.25, 0.3) is 0 Å². The van der Waals surface area contributed by atoms with Gasteiger partial charge in [-0.05, 0) is 36.1 Å². The standard InChI is InChI=1S/C16H22N2O3/c1-12(19)18-10-13-8-17(9-14(13)11-18)6-7-21-16-4-2-15(20)3-5-16/h2-5,13-14,20H,6-11H2,1H3. The molecule has 0 spiro atoms. The van der Waals surface area contributed by atoms with Crippen LogP contribution in [0.2, 0.25) is 0 Å². The molecule has 1 aromatic rings. The lowest BCUT2D eigenvalue weighted by molar-refractivity contribution is -0.128. The molecule has 0 aliphatic carbocycles. The van der Waals surface area contributed by atoms with E-state index in [0.29, 0.717) is 18.4 Å². The number of hydrogen-bond donors (Lipinski definition) is 1. The van der Waals surface area contributed by atoms with E-state index in [1.807, 2.05) is 4.90 Å². The van der Waals surface area contributed by atoms with Crippen molar-refractivity contribution in [1.82, 2.24) is 9.80 Å². The van der Waals surface area contributed by atoms with Crippen molar-refractivity contribution in [3.63, 3.8) is 0 Å². The maximum Gasteiger partial charge on any atom is 0.219 e. The van der Waals surface area contributed by atoms with Crippen LogP contribution in [0, 0.1) is 11.8 Å². The van der Waals surface area contributed by atoms with Gasteiger partial charge in [0.15, 0.2) is 0 Å². The average Bonchev–Trinajstić information content (AvgIpc) is 2.99. The van der Waals surface area contributed by atoms with E-state index in [-0.39, 0.29) is 11.7 Å². The topological polar surface area (TPSA) is 53.0 Å². The first-order valence-corrected chi connectivity index (χ1v) is 7.51. The third-order valence-corrected chi connectivity index (χ3v) is 4.52. The Bertz CT molecular complexity index is 489. The number of amides is 1. The van der Waals surface area contributed by atoms with Crippen molar-refractivity contribution in [3.05, 3.63) is 24.3 Å². The molecule has 2 saturated heterocycles. The van der Waals surface area contributed by atoms with Gasteiger partial charge in [-0.15, -0.1) is 0 Å². The monoisotopic (exact) mass is 290 g/mol. The van der Waals surface area contributed by atoms with Gasteiger partial charge in [0.2, 0.25) is 5.91 Å². The van der Waals surface area contributed by atoms with Gasteiger partial charge in [-0.2, -0.15) is 0 Å². The zero-order valence-electron chi connectivity index (χ0n) is 12.4. The molecule has 21 heavy (non-hydrogen) atoms. The Labute approximate surface area is 125 Å². The second kappa shape index (κ2) is 5.93. The van der Waals surface area contributed by atoms with Crippen LogP contribution in [-0.4, -0.2) is 60.1 Å². The van der Waals surface area contributed by atoms with E-state index in [2.05, 4.69) is 4.90 Å². The summed E-state index contributed by atoms with van der Waals surface area (Å²) in [4.78, 5) is 15.8. The zero-order valence-corrected chi connectivity index (χ0v) is 12.4. The van der Waals surface area contributed by atoms with Crippen molar-refractivity contribution in [2.75, 3.05) is 39.3 Å². The van der Waals surface area contributed by atoms with E-state index < -0.39 is 0 Å². The molecule has 3 rings (SSSR count). The van der Waals surface area contributed by atoms with E-state index in [4.69, 9.17) is 4.74 Å². The second-order valence-corrected chi connectivity index (χ2v) is 6.05. The number of phenols is 1. The molecule has 1 amide bonds. The van der Waals surface area contributed by atoms with Crippen molar-refractivity contribution in [3.8, 4) is 11.5 Å². The molecule has 0 radical (unpaired) electrons. The van der Waals surface area contributed by atoms with Gasteiger partial charge >= 0.3 is 0 Å². The van der Waals surface area contributed by atoms with Crippen LogP contribution in [0.4, 0.5) is 0 Å². The third kappa shape index (κ3) is 3.29. The van der Waals surface area contributed by atoms with Crippen LogP contribution in [0.3, 0.4) is 0 Å². The summed E-state index contributed by atoms with van der Waals surface area (Å²) >= 11 is 0. The summed E-state index contributed by atoms with van der Waals surface area (Å²) in [5.41, 5.74) is 0. The van der Waals surface area contributed by atoms with Crippen molar-refractivity contribution < 1.29 is 14.6 Å². The fraction of sp³-hybridized carbons (Fsp3) is 0.562. The van der Waals surface area contributed by atoms with Gasteiger partial charge in [-0.1, -0.05) is 0 Å². The molecular weight excluding hydrogens is 268 g/mol. The number of phenolic OH excluding ortho intramolecular Hbond substituents is 1. The van der Waals surface area contributed by atoms with Gasteiger partial charge in [0.05, 0.1) is 0 Å². The quantitative estimate of drug-likeness (QED) is 0.905. The number of aromatic hydroxyl groups is 1. The Hall–Kier alpha value is -1.75. The molecular formula is C16H22N2O3. The number of rotatable bonds is 4. The lowest BCUT2D eigenvalue weighted by Crippen LogP contribution is -2.33. The number of carbonyl (C=O) groups excluding carboxylic acids is 1. The Balaban J connectivity index is 1.41. The molecule has 1 N–H and O–H groups in total. The minimum absolute atomic E-state index is 0.201. The number of carbonyl (C=O) groups is 1. The Morgan fingerprint density at radius 1 is 1.19 bits per heavy atom. The number of benzene rings is 1. The zero-order chi connectivity index (χ0) is 14.8. The summed E-state index contributed by atoms with van der Waals surface area (Å²) in [6.45, 7) is 7.17. The highest BCUT2D eigenvalue weighted by Gasteiger charge is 2.40. The highest BCUT2D eigenvalue weighted by Crippen LogP contribution is 2.30. The number of nitrogens with zero attached hydrogens (tertiary/aromatic N) is 2. The Morgan fingerprint density at radius 3 is 2.38 bits per heavy atom. The van der Waals surface area contributed by atoms with Crippen LogP contribution >= 0.6 is 0 Å². The van der Waals surface area contributed by atoms with Crippen LogP contribution in [0.15, 0.2) is 24.3 Å². The predicted molar refractivity (Wildman–Crippen MR) is 79.3 cm³/mol. The second-order valence-electron chi connectivity index (χ2n) is 6.05. The molecule has 2 unspecified atom stereocenters. The summed E-state index contributed by atoms with van der Waals surface area (Å²) in [6, 6.07) is 6.81. The summed E-state index contributed by atoms with van der Waals surface area (Å²) in [7, 11) is 0. The molecule has 0 aromatic heterocycles. The molecule has 5 nitrogen and oxygen atoms in total. The number of ether oxygens (including phenoxy) is 1. The van der Waals surface area contributed by atoms with Crippen molar-refractivity contribution in [2.45, 2.75) is 6.92 Å². The van der Waals surface area contributed by atoms with Gasteiger partial charge in [0.1, 0.15) is 18.1 Å². The molecule has 1 aromatic carbocycles. The summed E-state index contributed by atoms with van der Waals surface area (Å²) in [6.07, 6.45) is 0. The number of likely N-dealkylation sites (tertiary alicyclic amines) is 2. The highest BCUT2D eigenvalue weighted by molar-refractivity contribution is 5.73. The molecule has 2 fully saturated rings. The van der Waals surface area contributed by atoms with E-state index in [9.17, 15) is 9.90 Å². The molecule has 2 heterocycles. The van der Waals surface area contributed by atoms with E-state index >= 15 is 0 Å². The summed E-state index contributed by atoms with van der Waals surface area (Å²) in [5.74, 6) is 2.50. The molecule has 2 aliphatic rings. The van der Waals surface area contributed by atoms with Gasteiger partial charge in [-0.3, -0.25) is 9.69 Å². The third-order valence-electron chi connectivity index (χ3n) is 4.52.